The highest BCUT2D eigenvalue weighted by molar-refractivity contribution is 6.30. The van der Waals surface area contributed by atoms with E-state index in [1.165, 1.54) is 6.20 Å². The first-order chi connectivity index (χ1) is 14.4. The first-order valence-electron chi connectivity index (χ1n) is 9.75. The lowest BCUT2D eigenvalue weighted by Crippen LogP contribution is -2.39. The van der Waals surface area contributed by atoms with E-state index >= 15 is 0 Å². The van der Waals surface area contributed by atoms with E-state index in [-0.39, 0.29) is 17.7 Å². The molecule has 9 heteroatoms. The van der Waals surface area contributed by atoms with Crippen molar-refractivity contribution in [3.05, 3.63) is 53.2 Å². The highest BCUT2D eigenvalue weighted by atomic mass is 35.5. The van der Waals surface area contributed by atoms with E-state index in [1.807, 2.05) is 0 Å². The minimum Gasteiger partial charge on any atom is -0.366 e. The molecule has 1 aromatic heterocycles. The number of hydrogen-bond acceptors (Lipinski definition) is 5. The summed E-state index contributed by atoms with van der Waals surface area (Å²) in [4.78, 5) is 41.9. The van der Waals surface area contributed by atoms with Gasteiger partial charge >= 0.3 is 0 Å². The molecule has 0 aliphatic carbocycles. The minimum absolute atomic E-state index is 0.0402. The van der Waals surface area contributed by atoms with Gasteiger partial charge in [0.05, 0.1) is 5.02 Å². The van der Waals surface area contributed by atoms with Gasteiger partial charge in [0.15, 0.2) is 0 Å². The lowest BCUT2D eigenvalue weighted by molar-refractivity contribution is -0.121. The van der Waals surface area contributed by atoms with Gasteiger partial charge in [-0.25, -0.2) is 4.98 Å². The molecular formula is C21H24ClN5O3. The second-order valence-corrected chi connectivity index (χ2v) is 7.64. The Morgan fingerprint density at radius 2 is 1.77 bits per heavy atom. The maximum atomic E-state index is 12.4. The van der Waals surface area contributed by atoms with Gasteiger partial charge in [0.1, 0.15) is 5.82 Å². The van der Waals surface area contributed by atoms with E-state index < -0.39 is 5.91 Å². The molecule has 0 unspecified atom stereocenters. The van der Waals surface area contributed by atoms with Crippen LogP contribution in [0.2, 0.25) is 5.02 Å². The number of nitrogens with zero attached hydrogens (tertiary/aromatic N) is 2. The van der Waals surface area contributed by atoms with Crippen molar-refractivity contribution >= 4 is 40.8 Å². The third kappa shape index (κ3) is 6.27. The molecule has 4 N–H and O–H groups in total. The lowest BCUT2D eigenvalue weighted by atomic mass is 9.96. The molecule has 1 saturated heterocycles. The summed E-state index contributed by atoms with van der Waals surface area (Å²) in [5.74, 6) is -0.227. The number of rotatable bonds is 7. The average Bonchev–Trinajstić information content (AvgIpc) is 2.74. The van der Waals surface area contributed by atoms with E-state index in [0.717, 1.165) is 25.9 Å². The summed E-state index contributed by atoms with van der Waals surface area (Å²) < 4.78 is 0. The molecule has 1 aliphatic heterocycles. The van der Waals surface area contributed by atoms with Gasteiger partial charge < -0.3 is 21.3 Å². The van der Waals surface area contributed by atoms with E-state index in [1.54, 1.807) is 36.4 Å². The number of nitrogens with one attached hydrogen (secondary N) is 2. The van der Waals surface area contributed by atoms with Crippen molar-refractivity contribution in [2.45, 2.75) is 19.3 Å². The number of nitrogens with two attached hydrogens (primary N) is 1. The van der Waals surface area contributed by atoms with Gasteiger partial charge in [-0.3, -0.25) is 14.4 Å². The van der Waals surface area contributed by atoms with Crippen LogP contribution in [0.1, 0.15) is 29.6 Å². The first kappa shape index (κ1) is 21.7. The molecule has 3 rings (SSSR count). The number of pyridine rings is 1. The number of primary amides is 1. The van der Waals surface area contributed by atoms with Gasteiger partial charge in [0.25, 0.3) is 0 Å². The van der Waals surface area contributed by atoms with Crippen LogP contribution in [0.25, 0.3) is 0 Å². The summed E-state index contributed by atoms with van der Waals surface area (Å²) >= 11 is 5.80. The third-order valence-electron chi connectivity index (χ3n) is 5.05. The molecule has 2 heterocycles. The molecule has 0 spiro atoms. The molecule has 0 radical (unpaired) electrons. The van der Waals surface area contributed by atoms with Crippen LogP contribution < -0.4 is 16.4 Å². The fourth-order valence-corrected chi connectivity index (χ4v) is 3.41. The van der Waals surface area contributed by atoms with Crippen LogP contribution in [0.15, 0.2) is 42.6 Å². The van der Waals surface area contributed by atoms with E-state index in [2.05, 4.69) is 20.5 Å². The second kappa shape index (κ2) is 10.2. The fourth-order valence-electron chi connectivity index (χ4n) is 3.30. The zero-order valence-corrected chi connectivity index (χ0v) is 17.2. The minimum atomic E-state index is -0.505. The zero-order valence-electron chi connectivity index (χ0n) is 16.4. The maximum Gasteiger partial charge on any atom is 0.248 e. The lowest BCUT2D eigenvalue weighted by Gasteiger charge is -2.31. The van der Waals surface area contributed by atoms with Crippen LogP contribution in [-0.4, -0.2) is 47.2 Å². The number of benzene rings is 1. The molecular weight excluding hydrogens is 406 g/mol. The topological polar surface area (TPSA) is 117 Å². The molecule has 0 atom stereocenters. The summed E-state index contributed by atoms with van der Waals surface area (Å²) in [6.45, 7) is 2.14. The summed E-state index contributed by atoms with van der Waals surface area (Å²) in [7, 11) is 0. The summed E-state index contributed by atoms with van der Waals surface area (Å²) in [6.07, 6.45) is 3.31. The number of likely N-dealkylation sites (tertiary alicyclic amines) is 1. The maximum absolute atomic E-state index is 12.4. The predicted molar refractivity (Wildman–Crippen MR) is 115 cm³/mol. The standard InChI is InChI=1S/C21H24ClN5O3/c22-16-3-6-18(24-13-16)26-21(30)15-7-10-27(11-8-15)12-9-19(28)25-17-4-1-14(2-5-17)20(23)29/h1-6,13,15H,7-12H2,(H2,23,29)(H,25,28)(H,24,26,30). The van der Waals surface area contributed by atoms with Gasteiger partial charge in [-0.15, -0.1) is 0 Å². The van der Waals surface area contributed by atoms with Crippen molar-refractivity contribution < 1.29 is 14.4 Å². The van der Waals surface area contributed by atoms with Crippen molar-refractivity contribution in [1.82, 2.24) is 9.88 Å². The zero-order chi connectivity index (χ0) is 21.5. The predicted octanol–water partition coefficient (Wildman–Crippen LogP) is 2.51. The van der Waals surface area contributed by atoms with Gasteiger partial charge in [-0.1, -0.05) is 11.6 Å². The van der Waals surface area contributed by atoms with Gasteiger partial charge in [-0.05, 0) is 62.3 Å². The molecule has 1 aliphatic rings. The Balaban J connectivity index is 1.37. The van der Waals surface area contributed by atoms with Crippen LogP contribution >= 0.6 is 11.6 Å². The quantitative estimate of drug-likeness (QED) is 0.625. The van der Waals surface area contributed by atoms with E-state index in [0.29, 0.717) is 35.1 Å². The number of carbonyl (C=O) groups is 3. The van der Waals surface area contributed by atoms with E-state index in [9.17, 15) is 14.4 Å². The molecule has 158 valence electrons. The van der Waals surface area contributed by atoms with Gasteiger partial charge in [0.2, 0.25) is 17.7 Å². The monoisotopic (exact) mass is 429 g/mol. The summed E-state index contributed by atoms with van der Waals surface area (Å²) in [6, 6.07) is 9.81. The van der Waals surface area contributed by atoms with Crippen molar-refractivity contribution in [1.29, 1.82) is 0 Å². The average molecular weight is 430 g/mol. The second-order valence-electron chi connectivity index (χ2n) is 7.21. The highest BCUT2D eigenvalue weighted by Crippen LogP contribution is 2.20. The summed E-state index contributed by atoms with van der Waals surface area (Å²) in [5, 5.41) is 6.15. The third-order valence-corrected chi connectivity index (χ3v) is 5.27. The molecule has 8 nitrogen and oxygen atoms in total. The molecule has 30 heavy (non-hydrogen) atoms. The Morgan fingerprint density at radius 3 is 2.37 bits per heavy atom. The molecule has 3 amide bonds. The number of piperidine rings is 1. The van der Waals surface area contributed by atoms with Gasteiger partial charge in [-0.2, -0.15) is 0 Å². The van der Waals surface area contributed by atoms with Crippen LogP contribution in [0.5, 0.6) is 0 Å². The van der Waals surface area contributed by atoms with Crippen LogP contribution in [-0.2, 0) is 9.59 Å². The Kier molecular flexibility index (Phi) is 7.37. The SMILES string of the molecule is NC(=O)c1ccc(NC(=O)CCN2CCC(C(=O)Nc3ccc(Cl)cn3)CC2)cc1. The Morgan fingerprint density at radius 1 is 1.07 bits per heavy atom. The molecule has 1 aromatic carbocycles. The number of carbonyl (C=O) groups excluding carboxylic acids is 3. The van der Waals surface area contributed by atoms with Crippen molar-refractivity contribution in [3.63, 3.8) is 0 Å². The fraction of sp³-hybridized carbons (Fsp3) is 0.333. The molecule has 2 aromatic rings. The Bertz CT molecular complexity index is 894. The van der Waals surface area contributed by atoms with Gasteiger partial charge in [0, 0.05) is 36.3 Å². The number of anilines is 2. The Labute approximate surface area is 179 Å². The van der Waals surface area contributed by atoms with E-state index in [4.69, 9.17) is 17.3 Å². The molecule has 0 saturated carbocycles. The van der Waals surface area contributed by atoms with Crippen molar-refractivity contribution in [3.8, 4) is 0 Å². The van der Waals surface area contributed by atoms with Crippen molar-refractivity contribution in [2.75, 3.05) is 30.3 Å². The summed E-state index contributed by atoms with van der Waals surface area (Å²) in [5.41, 5.74) is 6.22. The Hall–Kier alpha value is -2.97. The van der Waals surface area contributed by atoms with Crippen molar-refractivity contribution in [2.24, 2.45) is 11.7 Å². The van der Waals surface area contributed by atoms with Crippen LogP contribution in [0, 0.1) is 5.92 Å². The number of aromatic nitrogens is 1. The van der Waals surface area contributed by atoms with Crippen LogP contribution in [0.3, 0.4) is 0 Å². The number of hydrogen-bond donors (Lipinski definition) is 3. The smallest absolute Gasteiger partial charge is 0.248 e. The number of halogens is 1. The normalized spacial score (nSPS) is 14.8. The highest BCUT2D eigenvalue weighted by Gasteiger charge is 2.25. The largest absolute Gasteiger partial charge is 0.366 e. The molecule has 0 bridgehead atoms. The first-order valence-corrected chi connectivity index (χ1v) is 10.1. The van der Waals surface area contributed by atoms with Crippen LogP contribution in [0.4, 0.5) is 11.5 Å². The molecule has 1 fully saturated rings. The number of amides is 3.